The lowest BCUT2D eigenvalue weighted by molar-refractivity contribution is 0.0819. The number of piperidine rings is 1. The molecule has 0 atom stereocenters. The van der Waals surface area contributed by atoms with Crippen LogP contribution >= 0.6 is 11.3 Å². The Labute approximate surface area is 117 Å². The monoisotopic (exact) mass is 283 g/mol. The Morgan fingerprint density at radius 2 is 2.11 bits per heavy atom. The summed E-state index contributed by atoms with van der Waals surface area (Å²) in [6.45, 7) is 1.90. The van der Waals surface area contributed by atoms with Crippen molar-refractivity contribution >= 4 is 27.9 Å². The van der Waals surface area contributed by atoms with Crippen molar-refractivity contribution in [2.45, 2.75) is 18.9 Å². The van der Waals surface area contributed by atoms with Gasteiger partial charge in [0.05, 0.1) is 16.8 Å². The second-order valence-corrected chi connectivity index (χ2v) is 6.02. The van der Waals surface area contributed by atoms with Crippen LogP contribution in [0.5, 0.6) is 0 Å². The van der Waals surface area contributed by atoms with Crippen LogP contribution in [0.25, 0.3) is 0 Å². The number of nitrogens with two attached hydrogens (primary N) is 1. The molecule has 0 aromatic carbocycles. The van der Waals surface area contributed by atoms with Crippen LogP contribution in [0.1, 0.15) is 22.5 Å². The van der Waals surface area contributed by atoms with Gasteiger partial charge in [-0.25, -0.2) is 0 Å². The molecule has 0 bridgehead atoms. The fraction of sp³-hybridized carbons (Fsp3) is 0.615. The fourth-order valence-corrected chi connectivity index (χ4v) is 3.38. The first-order valence-electron chi connectivity index (χ1n) is 6.41. The summed E-state index contributed by atoms with van der Waals surface area (Å²) < 4.78 is 5.37. The molecule has 1 aliphatic heterocycles. The molecule has 1 aliphatic rings. The third kappa shape index (κ3) is 3.01. The van der Waals surface area contributed by atoms with Crippen molar-refractivity contribution in [2.75, 3.05) is 44.9 Å². The molecule has 0 aliphatic carbocycles. The SMILES string of the molecule is COC1CCN(c2cc(N)c(C(=O)N(C)C)s2)CC1. The maximum absolute atomic E-state index is 12.0. The molecule has 6 heteroatoms. The van der Waals surface area contributed by atoms with Crippen LogP contribution < -0.4 is 10.6 Å². The van der Waals surface area contributed by atoms with Crippen molar-refractivity contribution < 1.29 is 9.53 Å². The summed E-state index contributed by atoms with van der Waals surface area (Å²) in [6.07, 6.45) is 2.40. The van der Waals surface area contributed by atoms with Gasteiger partial charge in [0.1, 0.15) is 4.88 Å². The first-order valence-corrected chi connectivity index (χ1v) is 7.23. The Morgan fingerprint density at radius 3 is 2.63 bits per heavy atom. The Balaban J connectivity index is 2.10. The molecule has 1 saturated heterocycles. The van der Waals surface area contributed by atoms with Crippen molar-refractivity contribution in [2.24, 2.45) is 0 Å². The number of carbonyl (C=O) groups is 1. The summed E-state index contributed by atoms with van der Waals surface area (Å²) in [5.41, 5.74) is 6.53. The van der Waals surface area contributed by atoms with Gasteiger partial charge in [0.25, 0.3) is 5.91 Å². The summed E-state index contributed by atoms with van der Waals surface area (Å²) in [7, 11) is 5.24. The number of hydrogen-bond donors (Lipinski definition) is 1. The molecule has 0 saturated carbocycles. The summed E-state index contributed by atoms with van der Waals surface area (Å²) in [6, 6.07) is 1.91. The normalized spacial score (nSPS) is 16.7. The summed E-state index contributed by atoms with van der Waals surface area (Å²) in [5, 5.41) is 1.08. The van der Waals surface area contributed by atoms with Crippen molar-refractivity contribution in [3.05, 3.63) is 10.9 Å². The van der Waals surface area contributed by atoms with E-state index < -0.39 is 0 Å². The minimum Gasteiger partial charge on any atom is -0.397 e. The van der Waals surface area contributed by atoms with Crippen molar-refractivity contribution in [3.8, 4) is 0 Å². The van der Waals surface area contributed by atoms with Crippen molar-refractivity contribution in [1.29, 1.82) is 0 Å². The molecule has 2 rings (SSSR count). The molecule has 0 unspecified atom stereocenters. The van der Waals surface area contributed by atoms with Crippen molar-refractivity contribution in [1.82, 2.24) is 4.90 Å². The lowest BCUT2D eigenvalue weighted by atomic mass is 10.1. The first kappa shape index (κ1) is 14.1. The van der Waals surface area contributed by atoms with Crippen LogP contribution in [-0.2, 0) is 4.74 Å². The van der Waals surface area contributed by atoms with Crippen LogP contribution in [-0.4, -0.2) is 51.2 Å². The van der Waals surface area contributed by atoms with Gasteiger partial charge >= 0.3 is 0 Å². The van der Waals surface area contributed by atoms with E-state index >= 15 is 0 Å². The minimum atomic E-state index is -0.0273. The van der Waals surface area contributed by atoms with Crippen LogP contribution in [0, 0.1) is 0 Å². The topological polar surface area (TPSA) is 58.8 Å². The number of methoxy groups -OCH3 is 1. The standard InChI is InChI=1S/C13H21N3O2S/c1-15(2)13(17)12-10(14)8-11(19-12)16-6-4-9(18-3)5-7-16/h8-9H,4-7,14H2,1-3H3. The number of anilines is 2. The molecule has 0 spiro atoms. The minimum absolute atomic E-state index is 0.0273. The van der Waals surface area contributed by atoms with Crippen molar-refractivity contribution in [3.63, 3.8) is 0 Å². The average molecular weight is 283 g/mol. The second-order valence-electron chi connectivity index (χ2n) is 4.99. The molecular formula is C13H21N3O2S. The van der Waals surface area contributed by atoms with Crippen LogP contribution in [0.3, 0.4) is 0 Å². The van der Waals surface area contributed by atoms with E-state index in [4.69, 9.17) is 10.5 Å². The summed E-state index contributed by atoms with van der Waals surface area (Å²) >= 11 is 1.48. The highest BCUT2D eigenvalue weighted by molar-refractivity contribution is 7.18. The van der Waals surface area contributed by atoms with E-state index in [9.17, 15) is 4.79 Å². The smallest absolute Gasteiger partial charge is 0.265 e. The number of nitrogen functional groups attached to an aromatic ring is 1. The number of nitrogens with zero attached hydrogens (tertiary/aromatic N) is 2. The largest absolute Gasteiger partial charge is 0.397 e. The van der Waals surface area contributed by atoms with Gasteiger partial charge in [-0.1, -0.05) is 0 Å². The summed E-state index contributed by atoms with van der Waals surface area (Å²) in [5.74, 6) is -0.0273. The van der Waals surface area contributed by atoms with Gasteiger partial charge in [-0.05, 0) is 18.9 Å². The molecular weight excluding hydrogens is 262 g/mol. The van der Waals surface area contributed by atoms with E-state index in [-0.39, 0.29) is 5.91 Å². The number of ether oxygens (including phenoxy) is 1. The maximum atomic E-state index is 12.0. The van der Waals surface area contributed by atoms with Crippen LogP contribution in [0.15, 0.2) is 6.07 Å². The van der Waals surface area contributed by atoms with E-state index in [1.165, 1.54) is 11.3 Å². The first-order chi connectivity index (χ1) is 9.02. The number of hydrogen-bond acceptors (Lipinski definition) is 5. The zero-order chi connectivity index (χ0) is 14.0. The highest BCUT2D eigenvalue weighted by Crippen LogP contribution is 2.34. The third-order valence-corrected chi connectivity index (χ3v) is 4.63. The molecule has 1 amide bonds. The van der Waals surface area contributed by atoms with E-state index in [2.05, 4.69) is 4.90 Å². The molecule has 2 heterocycles. The Morgan fingerprint density at radius 1 is 1.47 bits per heavy atom. The van der Waals surface area contributed by atoms with E-state index in [1.54, 1.807) is 26.1 Å². The Bertz CT molecular complexity index is 451. The Kier molecular flexibility index (Phi) is 4.31. The molecule has 1 aromatic heterocycles. The third-order valence-electron chi connectivity index (χ3n) is 3.44. The fourth-order valence-electron chi connectivity index (χ4n) is 2.23. The van der Waals surface area contributed by atoms with Gasteiger partial charge in [0.2, 0.25) is 0 Å². The average Bonchev–Trinajstić information content (AvgIpc) is 2.80. The quantitative estimate of drug-likeness (QED) is 0.916. The molecule has 2 N–H and O–H groups in total. The van der Waals surface area contributed by atoms with Gasteiger partial charge in [-0.3, -0.25) is 4.79 Å². The van der Waals surface area contributed by atoms with Gasteiger partial charge in [0.15, 0.2) is 0 Å². The van der Waals surface area contributed by atoms with E-state index in [0.29, 0.717) is 16.7 Å². The molecule has 5 nitrogen and oxygen atoms in total. The van der Waals surface area contributed by atoms with Gasteiger partial charge in [0, 0.05) is 34.3 Å². The Hall–Kier alpha value is -1.27. The molecule has 1 fully saturated rings. The van der Waals surface area contributed by atoms with E-state index in [0.717, 1.165) is 30.9 Å². The zero-order valence-corrected chi connectivity index (χ0v) is 12.5. The second kappa shape index (κ2) is 5.79. The number of amides is 1. The van der Waals surface area contributed by atoms with Crippen LogP contribution in [0.2, 0.25) is 0 Å². The number of thiophene rings is 1. The van der Waals surface area contributed by atoms with E-state index in [1.807, 2.05) is 6.07 Å². The predicted molar refractivity (Wildman–Crippen MR) is 79.0 cm³/mol. The van der Waals surface area contributed by atoms with Gasteiger partial charge in [-0.2, -0.15) is 0 Å². The lowest BCUT2D eigenvalue weighted by Crippen LogP contribution is -2.36. The summed E-state index contributed by atoms with van der Waals surface area (Å²) in [4.78, 5) is 16.5. The highest BCUT2D eigenvalue weighted by Gasteiger charge is 2.23. The molecule has 106 valence electrons. The molecule has 19 heavy (non-hydrogen) atoms. The van der Waals surface area contributed by atoms with Gasteiger partial charge in [-0.15, -0.1) is 11.3 Å². The maximum Gasteiger partial charge on any atom is 0.265 e. The lowest BCUT2D eigenvalue weighted by Gasteiger charge is -2.31. The molecule has 0 radical (unpaired) electrons. The molecule has 1 aromatic rings. The van der Waals surface area contributed by atoms with Crippen LogP contribution in [0.4, 0.5) is 10.7 Å². The highest BCUT2D eigenvalue weighted by atomic mass is 32.1. The zero-order valence-electron chi connectivity index (χ0n) is 11.7. The van der Waals surface area contributed by atoms with Gasteiger partial charge < -0.3 is 20.3 Å². The number of rotatable bonds is 3. The number of carbonyl (C=O) groups excluding carboxylic acids is 1. The predicted octanol–water partition coefficient (Wildman–Crippen LogP) is 1.65.